The molecule has 7 heteroatoms. The fourth-order valence-corrected chi connectivity index (χ4v) is 4.05. The number of anilines is 1. The molecule has 7 nitrogen and oxygen atoms in total. The molecule has 1 spiro atoms. The van der Waals surface area contributed by atoms with Crippen LogP contribution in [0.5, 0.6) is 5.75 Å². The quantitative estimate of drug-likeness (QED) is 0.862. The lowest BCUT2D eigenvalue weighted by atomic mass is 9.86. The van der Waals surface area contributed by atoms with E-state index in [1.54, 1.807) is 12.0 Å². The Bertz CT molecular complexity index is 723. The zero-order valence-corrected chi connectivity index (χ0v) is 16.7. The van der Waals surface area contributed by atoms with E-state index < -0.39 is 0 Å². The summed E-state index contributed by atoms with van der Waals surface area (Å²) in [6.45, 7) is 4.81. The predicted octanol–water partition coefficient (Wildman–Crippen LogP) is 2.16. The van der Waals surface area contributed by atoms with Gasteiger partial charge in [-0.1, -0.05) is 6.07 Å². The van der Waals surface area contributed by atoms with Crippen LogP contribution >= 0.6 is 0 Å². The van der Waals surface area contributed by atoms with Gasteiger partial charge in [0.25, 0.3) is 0 Å². The highest BCUT2D eigenvalue weighted by molar-refractivity contribution is 5.91. The predicted molar refractivity (Wildman–Crippen MR) is 105 cm³/mol. The Morgan fingerprint density at radius 3 is 2.70 bits per heavy atom. The summed E-state index contributed by atoms with van der Waals surface area (Å²) in [5.41, 5.74) is 1.60. The van der Waals surface area contributed by atoms with Gasteiger partial charge in [-0.25, -0.2) is 4.79 Å². The van der Waals surface area contributed by atoms with Gasteiger partial charge in [-0.15, -0.1) is 0 Å². The van der Waals surface area contributed by atoms with Crippen molar-refractivity contribution in [2.45, 2.75) is 31.7 Å². The van der Waals surface area contributed by atoms with Crippen LogP contribution in [0.25, 0.3) is 0 Å². The second-order valence-electron chi connectivity index (χ2n) is 7.77. The second kappa shape index (κ2) is 7.76. The van der Waals surface area contributed by atoms with Crippen molar-refractivity contribution in [2.75, 3.05) is 52.7 Å². The molecule has 2 heterocycles. The van der Waals surface area contributed by atoms with E-state index >= 15 is 0 Å². The number of rotatable bonds is 2. The number of benzene rings is 1. The summed E-state index contributed by atoms with van der Waals surface area (Å²) in [6, 6.07) is 5.62. The maximum Gasteiger partial charge on any atom is 0.322 e. The van der Waals surface area contributed by atoms with Crippen molar-refractivity contribution in [3.8, 4) is 5.75 Å². The van der Waals surface area contributed by atoms with Crippen molar-refractivity contribution in [2.24, 2.45) is 0 Å². The highest BCUT2D eigenvalue weighted by atomic mass is 16.5. The molecular weight excluding hydrogens is 344 g/mol. The van der Waals surface area contributed by atoms with Crippen molar-refractivity contribution < 1.29 is 14.3 Å². The molecule has 2 saturated heterocycles. The fourth-order valence-electron chi connectivity index (χ4n) is 4.05. The molecule has 0 unspecified atom stereocenters. The zero-order valence-electron chi connectivity index (χ0n) is 16.7. The van der Waals surface area contributed by atoms with Crippen LogP contribution in [0, 0.1) is 6.92 Å². The summed E-state index contributed by atoms with van der Waals surface area (Å²) < 4.78 is 5.37. The van der Waals surface area contributed by atoms with Crippen molar-refractivity contribution in [1.29, 1.82) is 0 Å². The van der Waals surface area contributed by atoms with Crippen LogP contribution in [0.4, 0.5) is 10.5 Å². The number of likely N-dealkylation sites (tertiary alicyclic amines) is 1. The van der Waals surface area contributed by atoms with Crippen LogP contribution in [0.15, 0.2) is 18.2 Å². The second-order valence-corrected chi connectivity index (χ2v) is 7.77. The SMILES string of the molecule is COc1ccc(C)cc1NC(=O)N1CCN(C)[C@@]2(CCC(=O)N(C)CC2)C1. The number of hydrogen-bond donors (Lipinski definition) is 1. The first-order valence-electron chi connectivity index (χ1n) is 9.50. The minimum absolute atomic E-state index is 0.115. The Labute approximate surface area is 161 Å². The average molecular weight is 374 g/mol. The number of piperazine rings is 1. The molecule has 0 saturated carbocycles. The highest BCUT2D eigenvalue weighted by Gasteiger charge is 2.43. The molecule has 2 aliphatic heterocycles. The maximum atomic E-state index is 13.0. The third-order valence-electron chi connectivity index (χ3n) is 6.03. The molecule has 2 aliphatic rings. The molecule has 1 aromatic carbocycles. The van der Waals surface area contributed by atoms with E-state index in [4.69, 9.17) is 4.74 Å². The molecule has 0 aromatic heterocycles. The summed E-state index contributed by atoms with van der Waals surface area (Å²) in [6.07, 6.45) is 2.19. The molecule has 1 atom stereocenters. The summed E-state index contributed by atoms with van der Waals surface area (Å²) in [7, 11) is 5.57. The Kier molecular flexibility index (Phi) is 5.60. The molecule has 0 bridgehead atoms. The molecule has 3 amide bonds. The summed E-state index contributed by atoms with van der Waals surface area (Å²) in [5, 5.41) is 3.01. The number of urea groups is 1. The molecule has 3 rings (SSSR count). The number of carbonyl (C=O) groups is 2. The number of likely N-dealkylation sites (N-methyl/N-ethyl adjacent to an activating group) is 1. The van der Waals surface area contributed by atoms with Crippen molar-refractivity contribution in [1.82, 2.24) is 14.7 Å². The van der Waals surface area contributed by atoms with Gasteiger partial charge in [0.05, 0.1) is 12.8 Å². The normalized spacial score (nSPS) is 24.1. The first kappa shape index (κ1) is 19.5. The van der Waals surface area contributed by atoms with Gasteiger partial charge in [0.2, 0.25) is 5.91 Å². The lowest BCUT2D eigenvalue weighted by Gasteiger charge is -2.49. The van der Waals surface area contributed by atoms with Crippen LogP contribution in [0.1, 0.15) is 24.8 Å². The molecular formula is C20H30N4O3. The molecule has 148 valence electrons. The summed E-state index contributed by atoms with van der Waals surface area (Å²) in [5.74, 6) is 0.839. The standard InChI is InChI=1S/C20H30N4O3/c1-15-5-6-17(27-4)16(13-15)21-19(26)24-12-11-23(3)20(14-24)8-7-18(25)22(2)10-9-20/h5-6,13H,7-12,14H2,1-4H3,(H,21,26)/t20-/m1/s1. The number of hydrogen-bond acceptors (Lipinski definition) is 4. The third-order valence-corrected chi connectivity index (χ3v) is 6.03. The molecule has 0 aliphatic carbocycles. The number of ether oxygens (including phenoxy) is 1. The number of amides is 3. The van der Waals surface area contributed by atoms with E-state index in [0.717, 1.165) is 31.5 Å². The highest BCUT2D eigenvalue weighted by Crippen LogP contribution is 2.32. The number of methoxy groups -OCH3 is 1. The molecule has 27 heavy (non-hydrogen) atoms. The molecule has 1 N–H and O–H groups in total. The van der Waals surface area contributed by atoms with E-state index in [-0.39, 0.29) is 17.5 Å². The van der Waals surface area contributed by atoms with Crippen LogP contribution in [-0.4, -0.2) is 79.6 Å². The first-order chi connectivity index (χ1) is 12.8. The van der Waals surface area contributed by atoms with Crippen molar-refractivity contribution >= 4 is 17.6 Å². The Morgan fingerprint density at radius 1 is 1.19 bits per heavy atom. The first-order valence-corrected chi connectivity index (χ1v) is 9.50. The fraction of sp³-hybridized carbons (Fsp3) is 0.600. The monoisotopic (exact) mass is 374 g/mol. The average Bonchev–Trinajstić information content (AvgIpc) is 2.79. The topological polar surface area (TPSA) is 65.1 Å². The van der Waals surface area contributed by atoms with Gasteiger partial charge in [-0.3, -0.25) is 9.69 Å². The van der Waals surface area contributed by atoms with Gasteiger partial charge in [0.15, 0.2) is 0 Å². The Hall–Kier alpha value is -2.28. The number of carbonyl (C=O) groups excluding carboxylic acids is 2. The molecule has 2 fully saturated rings. The van der Waals surface area contributed by atoms with E-state index in [1.165, 1.54) is 0 Å². The summed E-state index contributed by atoms with van der Waals surface area (Å²) in [4.78, 5) is 31.1. The number of nitrogens with one attached hydrogen (secondary N) is 1. The lowest BCUT2D eigenvalue weighted by Crippen LogP contribution is -2.62. The Balaban J connectivity index is 1.75. The Morgan fingerprint density at radius 2 is 1.96 bits per heavy atom. The summed E-state index contributed by atoms with van der Waals surface area (Å²) >= 11 is 0. The van der Waals surface area contributed by atoms with E-state index in [0.29, 0.717) is 30.9 Å². The van der Waals surface area contributed by atoms with Crippen LogP contribution in [-0.2, 0) is 4.79 Å². The minimum atomic E-state index is -0.146. The van der Waals surface area contributed by atoms with Gasteiger partial charge in [0, 0.05) is 45.2 Å². The molecule has 0 radical (unpaired) electrons. The van der Waals surface area contributed by atoms with Crippen LogP contribution < -0.4 is 10.1 Å². The third kappa shape index (κ3) is 4.03. The van der Waals surface area contributed by atoms with Crippen molar-refractivity contribution in [3.05, 3.63) is 23.8 Å². The largest absolute Gasteiger partial charge is 0.495 e. The number of nitrogens with zero attached hydrogens (tertiary/aromatic N) is 3. The van der Waals surface area contributed by atoms with Crippen LogP contribution in [0.2, 0.25) is 0 Å². The van der Waals surface area contributed by atoms with Gasteiger partial charge < -0.3 is 19.9 Å². The van der Waals surface area contributed by atoms with Gasteiger partial charge in [0.1, 0.15) is 5.75 Å². The lowest BCUT2D eigenvalue weighted by molar-refractivity contribution is -0.129. The van der Waals surface area contributed by atoms with Gasteiger partial charge in [-0.2, -0.15) is 0 Å². The van der Waals surface area contributed by atoms with E-state index in [9.17, 15) is 9.59 Å². The molecule has 1 aromatic rings. The maximum absolute atomic E-state index is 13.0. The zero-order chi connectivity index (χ0) is 19.6. The smallest absolute Gasteiger partial charge is 0.322 e. The number of aryl methyl sites for hydroxylation is 1. The van der Waals surface area contributed by atoms with E-state index in [2.05, 4.69) is 17.3 Å². The van der Waals surface area contributed by atoms with Crippen molar-refractivity contribution in [3.63, 3.8) is 0 Å². The minimum Gasteiger partial charge on any atom is -0.495 e. The van der Waals surface area contributed by atoms with E-state index in [1.807, 2.05) is 37.1 Å². The van der Waals surface area contributed by atoms with Gasteiger partial charge >= 0.3 is 6.03 Å². The van der Waals surface area contributed by atoms with Gasteiger partial charge in [-0.05, 0) is 44.5 Å². The van der Waals surface area contributed by atoms with Crippen LogP contribution in [0.3, 0.4) is 0 Å².